The van der Waals surface area contributed by atoms with Crippen LogP contribution in [-0.2, 0) is 4.43 Å². The molecular weight excluding hydrogens is 240 g/mol. The molecule has 1 rings (SSSR count). The minimum absolute atomic E-state index is 0.0914. The van der Waals surface area contributed by atoms with E-state index >= 15 is 0 Å². The molecule has 1 aliphatic carbocycles. The van der Waals surface area contributed by atoms with Gasteiger partial charge < -0.3 is 9.53 Å². The summed E-state index contributed by atoms with van der Waals surface area (Å²) in [4.78, 5) is 0. The summed E-state index contributed by atoms with van der Waals surface area (Å²) in [5.74, 6) is 0. The maximum Gasteiger partial charge on any atom is 0.192 e. The second-order valence-electron chi connectivity index (χ2n) is 7.92. The zero-order valence-corrected chi connectivity index (χ0v) is 14.3. The molecule has 0 heterocycles. The maximum atomic E-state index is 10.2. The summed E-state index contributed by atoms with van der Waals surface area (Å²) < 4.78 is 6.45. The lowest BCUT2D eigenvalue weighted by molar-refractivity contribution is 0.0308. The monoisotopic (exact) mass is 270 g/mol. The van der Waals surface area contributed by atoms with Crippen LogP contribution in [0.5, 0.6) is 0 Å². The zero-order valence-electron chi connectivity index (χ0n) is 13.3. The Kier molecular flexibility index (Phi) is 4.22. The van der Waals surface area contributed by atoms with Crippen molar-refractivity contribution in [1.82, 2.24) is 0 Å². The highest BCUT2D eigenvalue weighted by Crippen LogP contribution is 2.42. The maximum absolute atomic E-state index is 10.2. The number of aliphatic hydroxyl groups excluding tert-OH is 1. The Morgan fingerprint density at radius 1 is 1.33 bits per heavy atom. The van der Waals surface area contributed by atoms with Crippen molar-refractivity contribution in [3.63, 3.8) is 0 Å². The Labute approximate surface area is 114 Å². The van der Waals surface area contributed by atoms with Gasteiger partial charge in [0.15, 0.2) is 8.32 Å². The number of hydrogen-bond donors (Lipinski definition) is 1. The van der Waals surface area contributed by atoms with Crippen molar-refractivity contribution < 1.29 is 9.53 Å². The molecule has 0 saturated carbocycles. The van der Waals surface area contributed by atoms with E-state index in [0.29, 0.717) is 0 Å². The second kappa shape index (κ2) is 4.77. The molecule has 1 aliphatic rings. The molecule has 0 unspecified atom stereocenters. The van der Waals surface area contributed by atoms with Crippen molar-refractivity contribution in [2.24, 2.45) is 5.41 Å². The largest absolute Gasteiger partial charge is 0.411 e. The fraction of sp³-hybridized carbons (Fsp3) is 0.867. The van der Waals surface area contributed by atoms with Crippen LogP contribution in [0.25, 0.3) is 0 Å². The van der Waals surface area contributed by atoms with Gasteiger partial charge in [-0.2, -0.15) is 0 Å². The topological polar surface area (TPSA) is 29.5 Å². The van der Waals surface area contributed by atoms with E-state index in [0.717, 1.165) is 12.0 Å². The van der Waals surface area contributed by atoms with Gasteiger partial charge in [0.05, 0.1) is 12.2 Å². The standard InChI is InChI=1S/C15H30O2Si/c1-11-9-12(10-15(5,6)13(11)16)17-18(7,8)14(2,3)4/h9,12-13,16H,10H2,1-8H3/t12-,13+/m1/s1. The van der Waals surface area contributed by atoms with Gasteiger partial charge in [0.1, 0.15) is 0 Å². The first-order valence-corrected chi connectivity index (χ1v) is 9.82. The molecule has 0 amide bonds. The molecule has 2 atom stereocenters. The Bertz CT molecular complexity index is 337. The van der Waals surface area contributed by atoms with Gasteiger partial charge in [-0.1, -0.05) is 40.7 Å². The highest BCUT2D eigenvalue weighted by Gasteiger charge is 2.42. The summed E-state index contributed by atoms with van der Waals surface area (Å²) >= 11 is 0. The van der Waals surface area contributed by atoms with Gasteiger partial charge in [0.2, 0.25) is 0 Å². The lowest BCUT2D eigenvalue weighted by Gasteiger charge is -2.44. The fourth-order valence-corrected chi connectivity index (χ4v) is 3.58. The quantitative estimate of drug-likeness (QED) is 0.604. The SMILES string of the molecule is CC1=C[C@@H](O[Si](C)(C)C(C)(C)C)CC(C)(C)[C@H]1O. The molecule has 0 fully saturated rings. The molecule has 0 aromatic carbocycles. The summed E-state index contributed by atoms with van der Waals surface area (Å²) in [6.07, 6.45) is 2.84. The van der Waals surface area contributed by atoms with Gasteiger partial charge in [-0.25, -0.2) is 0 Å². The van der Waals surface area contributed by atoms with E-state index in [1.807, 2.05) is 6.92 Å². The van der Waals surface area contributed by atoms with Crippen LogP contribution in [0.2, 0.25) is 18.1 Å². The third-order valence-electron chi connectivity index (χ3n) is 4.60. The fourth-order valence-electron chi connectivity index (χ4n) is 2.32. The van der Waals surface area contributed by atoms with Crippen LogP contribution in [0.3, 0.4) is 0 Å². The van der Waals surface area contributed by atoms with Crippen molar-refractivity contribution in [2.45, 2.75) is 78.3 Å². The van der Waals surface area contributed by atoms with E-state index in [-0.39, 0.29) is 22.7 Å². The molecule has 106 valence electrons. The number of aliphatic hydroxyl groups is 1. The smallest absolute Gasteiger partial charge is 0.192 e. The van der Waals surface area contributed by atoms with Gasteiger partial charge in [0.25, 0.3) is 0 Å². The lowest BCUT2D eigenvalue weighted by atomic mass is 9.74. The van der Waals surface area contributed by atoms with Crippen LogP contribution in [0, 0.1) is 5.41 Å². The predicted octanol–water partition coefficient (Wildman–Crippen LogP) is 4.11. The Morgan fingerprint density at radius 3 is 2.22 bits per heavy atom. The highest BCUT2D eigenvalue weighted by molar-refractivity contribution is 6.74. The summed E-state index contributed by atoms with van der Waals surface area (Å²) in [5.41, 5.74) is 0.959. The van der Waals surface area contributed by atoms with Crippen molar-refractivity contribution in [1.29, 1.82) is 0 Å². The molecule has 0 bridgehead atoms. The van der Waals surface area contributed by atoms with Crippen LogP contribution < -0.4 is 0 Å². The minimum atomic E-state index is -1.73. The van der Waals surface area contributed by atoms with Gasteiger partial charge in [-0.3, -0.25) is 0 Å². The molecule has 2 nitrogen and oxygen atoms in total. The predicted molar refractivity (Wildman–Crippen MR) is 80.2 cm³/mol. The second-order valence-corrected chi connectivity index (χ2v) is 12.7. The van der Waals surface area contributed by atoms with Gasteiger partial charge in [0, 0.05) is 0 Å². The summed E-state index contributed by atoms with van der Waals surface area (Å²) in [6.45, 7) is 17.6. The van der Waals surface area contributed by atoms with Crippen molar-refractivity contribution in [3.8, 4) is 0 Å². The van der Waals surface area contributed by atoms with E-state index < -0.39 is 8.32 Å². The first-order valence-electron chi connectivity index (χ1n) is 6.91. The summed E-state index contributed by atoms with van der Waals surface area (Å²) in [6, 6.07) is 0. The van der Waals surface area contributed by atoms with Crippen LogP contribution >= 0.6 is 0 Å². The van der Waals surface area contributed by atoms with Crippen LogP contribution in [0.1, 0.15) is 48.0 Å². The van der Waals surface area contributed by atoms with Gasteiger partial charge in [-0.05, 0) is 42.5 Å². The average molecular weight is 270 g/mol. The van der Waals surface area contributed by atoms with E-state index in [9.17, 15) is 5.11 Å². The normalized spacial score (nSPS) is 29.1. The molecule has 0 spiro atoms. The first kappa shape index (κ1) is 15.9. The molecule has 3 heteroatoms. The van der Waals surface area contributed by atoms with Crippen LogP contribution in [0.4, 0.5) is 0 Å². The van der Waals surface area contributed by atoms with Gasteiger partial charge >= 0.3 is 0 Å². The van der Waals surface area contributed by atoms with Gasteiger partial charge in [-0.15, -0.1) is 0 Å². The van der Waals surface area contributed by atoms with Crippen LogP contribution in [-0.4, -0.2) is 25.6 Å². The zero-order chi connectivity index (χ0) is 14.4. The lowest BCUT2D eigenvalue weighted by Crippen LogP contribution is -2.47. The van der Waals surface area contributed by atoms with E-state index in [1.165, 1.54) is 0 Å². The highest BCUT2D eigenvalue weighted by atomic mass is 28.4. The number of rotatable bonds is 2. The molecule has 1 N–H and O–H groups in total. The molecule has 0 saturated heterocycles. The molecule has 0 aliphatic heterocycles. The average Bonchev–Trinajstić information content (AvgIpc) is 2.10. The van der Waals surface area contributed by atoms with Crippen LogP contribution in [0.15, 0.2) is 11.6 Å². The number of hydrogen-bond acceptors (Lipinski definition) is 2. The molecule has 0 aromatic rings. The van der Waals surface area contributed by atoms with E-state index in [2.05, 4.69) is 53.8 Å². The summed E-state index contributed by atoms with van der Waals surface area (Å²) in [5, 5.41) is 10.4. The first-order chi connectivity index (χ1) is 7.87. The molecule has 0 radical (unpaired) electrons. The Balaban J connectivity index is 2.88. The van der Waals surface area contributed by atoms with Crippen molar-refractivity contribution >= 4 is 8.32 Å². The van der Waals surface area contributed by atoms with E-state index in [1.54, 1.807) is 0 Å². The third kappa shape index (κ3) is 3.25. The third-order valence-corrected chi connectivity index (χ3v) is 9.10. The summed E-state index contributed by atoms with van der Waals surface area (Å²) in [7, 11) is -1.73. The van der Waals surface area contributed by atoms with Crippen molar-refractivity contribution in [3.05, 3.63) is 11.6 Å². The minimum Gasteiger partial charge on any atom is -0.411 e. The Morgan fingerprint density at radius 2 is 1.83 bits per heavy atom. The molecule has 0 aromatic heterocycles. The van der Waals surface area contributed by atoms with E-state index in [4.69, 9.17) is 4.43 Å². The molecular formula is C15H30O2Si. The Hall–Kier alpha value is -0.123. The van der Waals surface area contributed by atoms with Crippen molar-refractivity contribution in [2.75, 3.05) is 0 Å². The molecule has 18 heavy (non-hydrogen) atoms.